The van der Waals surface area contributed by atoms with E-state index >= 15 is 0 Å². The van der Waals surface area contributed by atoms with Crippen LogP contribution in [0.3, 0.4) is 0 Å². The number of hydrogen-bond acceptors (Lipinski definition) is 3. The minimum absolute atomic E-state index is 0.137. The molecule has 0 amide bonds. The van der Waals surface area contributed by atoms with Gasteiger partial charge in [0, 0.05) is 6.04 Å². The quantitative estimate of drug-likeness (QED) is 0.885. The van der Waals surface area contributed by atoms with E-state index in [1.807, 2.05) is 6.07 Å². The minimum atomic E-state index is 0.137. The highest BCUT2D eigenvalue weighted by molar-refractivity contribution is 5.45. The van der Waals surface area contributed by atoms with Crippen LogP contribution >= 0.6 is 0 Å². The zero-order chi connectivity index (χ0) is 13.9. The van der Waals surface area contributed by atoms with E-state index in [0.29, 0.717) is 19.3 Å². The van der Waals surface area contributed by atoms with E-state index in [2.05, 4.69) is 45.1 Å². The van der Waals surface area contributed by atoms with Crippen molar-refractivity contribution in [1.29, 1.82) is 0 Å². The van der Waals surface area contributed by atoms with Crippen LogP contribution in [-0.2, 0) is 5.41 Å². The van der Waals surface area contributed by atoms with Crippen molar-refractivity contribution in [3.8, 4) is 11.5 Å². The lowest BCUT2D eigenvalue weighted by atomic mass is 9.81. The van der Waals surface area contributed by atoms with Gasteiger partial charge in [-0.05, 0) is 36.1 Å². The van der Waals surface area contributed by atoms with E-state index in [4.69, 9.17) is 9.47 Å². The summed E-state index contributed by atoms with van der Waals surface area (Å²) < 4.78 is 11.2. The van der Waals surface area contributed by atoms with Crippen LogP contribution in [-0.4, -0.2) is 25.8 Å². The zero-order valence-electron chi connectivity index (χ0n) is 12.5. The Kier molecular flexibility index (Phi) is 4.35. The fraction of sp³-hybridized carbons (Fsp3) is 0.625. The Morgan fingerprint density at radius 1 is 1.16 bits per heavy atom. The molecule has 2 rings (SSSR count). The molecule has 0 unspecified atom stereocenters. The normalized spacial score (nSPS) is 14.8. The van der Waals surface area contributed by atoms with Gasteiger partial charge in [-0.3, -0.25) is 0 Å². The maximum absolute atomic E-state index is 5.66. The van der Waals surface area contributed by atoms with Gasteiger partial charge in [-0.15, -0.1) is 0 Å². The van der Waals surface area contributed by atoms with Crippen LogP contribution in [0.2, 0.25) is 0 Å². The largest absolute Gasteiger partial charge is 0.486 e. The molecule has 0 bridgehead atoms. The first-order valence-electron chi connectivity index (χ1n) is 7.12. The number of hydrogen-bond donors (Lipinski definition) is 1. The average Bonchev–Trinajstić information content (AvgIpc) is 2.37. The monoisotopic (exact) mass is 263 g/mol. The first-order valence-corrected chi connectivity index (χ1v) is 7.12. The summed E-state index contributed by atoms with van der Waals surface area (Å²) in [5, 5.41) is 3.48. The summed E-state index contributed by atoms with van der Waals surface area (Å²) in [6.07, 6.45) is 1.10. The maximum atomic E-state index is 5.66. The Balaban J connectivity index is 2.07. The molecular formula is C16H25NO2. The summed E-state index contributed by atoms with van der Waals surface area (Å²) in [5.41, 5.74) is 1.44. The molecule has 0 aliphatic carbocycles. The molecule has 0 spiro atoms. The molecule has 0 radical (unpaired) electrons. The molecule has 3 nitrogen and oxygen atoms in total. The fourth-order valence-corrected chi connectivity index (χ4v) is 2.28. The first kappa shape index (κ1) is 14.2. The molecule has 0 aromatic heterocycles. The topological polar surface area (TPSA) is 30.5 Å². The molecule has 0 saturated heterocycles. The highest BCUT2D eigenvalue weighted by Gasteiger charge is 2.23. The van der Waals surface area contributed by atoms with Crippen LogP contribution in [0.25, 0.3) is 0 Å². The molecule has 0 atom stereocenters. The second-order valence-corrected chi connectivity index (χ2v) is 6.10. The van der Waals surface area contributed by atoms with Crippen LogP contribution < -0.4 is 14.8 Å². The summed E-state index contributed by atoms with van der Waals surface area (Å²) in [6.45, 7) is 11.2. The maximum Gasteiger partial charge on any atom is 0.161 e. The summed E-state index contributed by atoms with van der Waals surface area (Å²) in [7, 11) is 0. The van der Waals surface area contributed by atoms with Gasteiger partial charge in [0.05, 0.1) is 0 Å². The van der Waals surface area contributed by atoms with Crippen LogP contribution in [0, 0.1) is 0 Å². The number of fused-ring (bicyclic) bond motifs is 1. The lowest BCUT2D eigenvalue weighted by molar-refractivity contribution is 0.171. The van der Waals surface area contributed by atoms with Crippen molar-refractivity contribution < 1.29 is 9.47 Å². The van der Waals surface area contributed by atoms with E-state index in [-0.39, 0.29) is 5.41 Å². The summed E-state index contributed by atoms with van der Waals surface area (Å²) >= 11 is 0. The number of rotatable bonds is 5. The molecule has 1 aromatic rings. The van der Waals surface area contributed by atoms with E-state index < -0.39 is 0 Å². The van der Waals surface area contributed by atoms with Crippen molar-refractivity contribution in [3.63, 3.8) is 0 Å². The van der Waals surface area contributed by atoms with Crippen LogP contribution in [0.5, 0.6) is 11.5 Å². The Morgan fingerprint density at radius 3 is 2.53 bits per heavy atom. The van der Waals surface area contributed by atoms with Gasteiger partial charge in [-0.1, -0.05) is 33.8 Å². The van der Waals surface area contributed by atoms with Crippen molar-refractivity contribution in [2.24, 2.45) is 0 Å². The van der Waals surface area contributed by atoms with Gasteiger partial charge in [0.2, 0.25) is 0 Å². The lowest BCUT2D eigenvalue weighted by Gasteiger charge is -2.28. The van der Waals surface area contributed by atoms with Crippen LogP contribution in [0.1, 0.15) is 39.7 Å². The lowest BCUT2D eigenvalue weighted by Crippen LogP contribution is -2.29. The third kappa shape index (κ3) is 3.63. The van der Waals surface area contributed by atoms with Gasteiger partial charge in [0.1, 0.15) is 13.2 Å². The first-order chi connectivity index (χ1) is 8.99. The van der Waals surface area contributed by atoms with Crippen molar-refractivity contribution in [2.45, 2.75) is 45.6 Å². The van der Waals surface area contributed by atoms with E-state index in [1.54, 1.807) is 0 Å². The summed E-state index contributed by atoms with van der Waals surface area (Å²) in [5.74, 6) is 1.75. The Labute approximate surface area is 116 Å². The molecule has 1 N–H and O–H groups in total. The number of benzene rings is 1. The Morgan fingerprint density at radius 2 is 1.84 bits per heavy atom. The third-order valence-corrected chi connectivity index (χ3v) is 3.63. The van der Waals surface area contributed by atoms with Crippen molar-refractivity contribution in [3.05, 3.63) is 23.8 Å². The summed E-state index contributed by atoms with van der Waals surface area (Å²) in [4.78, 5) is 0. The molecule has 0 saturated carbocycles. The highest BCUT2D eigenvalue weighted by Crippen LogP contribution is 2.36. The minimum Gasteiger partial charge on any atom is -0.486 e. The molecule has 3 heteroatoms. The zero-order valence-corrected chi connectivity index (χ0v) is 12.5. The smallest absolute Gasteiger partial charge is 0.161 e. The Hall–Kier alpha value is -1.22. The van der Waals surface area contributed by atoms with Crippen molar-refractivity contribution in [1.82, 2.24) is 5.32 Å². The van der Waals surface area contributed by atoms with Gasteiger partial charge in [0.15, 0.2) is 11.5 Å². The van der Waals surface area contributed by atoms with Gasteiger partial charge < -0.3 is 14.8 Å². The molecule has 1 aromatic carbocycles. The molecule has 106 valence electrons. The predicted molar refractivity (Wildman–Crippen MR) is 78.2 cm³/mol. The molecule has 1 aliphatic heterocycles. The van der Waals surface area contributed by atoms with Crippen LogP contribution in [0.15, 0.2) is 18.2 Å². The van der Waals surface area contributed by atoms with Gasteiger partial charge in [0.25, 0.3) is 0 Å². The standard InChI is InChI=1S/C16H25NO2/c1-12(2)17-8-7-16(3,4)13-5-6-14-15(11-13)19-10-9-18-14/h5-6,11-12,17H,7-10H2,1-4H3. The van der Waals surface area contributed by atoms with Gasteiger partial charge in [-0.2, -0.15) is 0 Å². The van der Waals surface area contributed by atoms with E-state index in [0.717, 1.165) is 24.5 Å². The van der Waals surface area contributed by atoms with Crippen molar-refractivity contribution >= 4 is 0 Å². The SMILES string of the molecule is CC(C)NCCC(C)(C)c1ccc2c(c1)OCCO2. The third-order valence-electron chi connectivity index (χ3n) is 3.63. The van der Waals surface area contributed by atoms with Gasteiger partial charge in [-0.25, -0.2) is 0 Å². The van der Waals surface area contributed by atoms with E-state index in [9.17, 15) is 0 Å². The Bertz CT molecular complexity index is 427. The molecule has 1 aliphatic rings. The number of nitrogens with one attached hydrogen (secondary N) is 1. The molecule has 19 heavy (non-hydrogen) atoms. The molecule has 1 heterocycles. The second-order valence-electron chi connectivity index (χ2n) is 6.10. The molecule has 0 fully saturated rings. The summed E-state index contributed by atoms with van der Waals surface area (Å²) in [6, 6.07) is 6.85. The van der Waals surface area contributed by atoms with E-state index in [1.165, 1.54) is 5.56 Å². The molecular weight excluding hydrogens is 238 g/mol. The average molecular weight is 263 g/mol. The number of ether oxygens (including phenoxy) is 2. The van der Waals surface area contributed by atoms with Gasteiger partial charge >= 0.3 is 0 Å². The van der Waals surface area contributed by atoms with Crippen LogP contribution in [0.4, 0.5) is 0 Å². The van der Waals surface area contributed by atoms with Crippen molar-refractivity contribution in [2.75, 3.05) is 19.8 Å². The fourth-order valence-electron chi connectivity index (χ4n) is 2.28. The predicted octanol–water partition coefficient (Wildman–Crippen LogP) is 3.12. The second kappa shape index (κ2) is 5.83. The highest BCUT2D eigenvalue weighted by atomic mass is 16.6.